The van der Waals surface area contributed by atoms with Crippen molar-refractivity contribution in [1.82, 2.24) is 9.88 Å². The summed E-state index contributed by atoms with van der Waals surface area (Å²) in [5.74, 6) is 0.614. The molecule has 2 rings (SSSR count). The molecule has 1 aliphatic heterocycles. The van der Waals surface area contributed by atoms with E-state index in [1.165, 1.54) is 0 Å². The summed E-state index contributed by atoms with van der Waals surface area (Å²) >= 11 is 0. The van der Waals surface area contributed by atoms with Crippen molar-refractivity contribution < 1.29 is 9.13 Å². The second-order valence-electron chi connectivity index (χ2n) is 3.83. The topological polar surface area (TPSA) is 25.4 Å². The van der Waals surface area contributed by atoms with Crippen molar-refractivity contribution in [3.8, 4) is 5.88 Å². The second-order valence-corrected chi connectivity index (χ2v) is 3.83. The molecule has 3 nitrogen and oxygen atoms in total. The molecule has 1 aromatic rings. The van der Waals surface area contributed by atoms with Crippen LogP contribution in [0.4, 0.5) is 4.39 Å². The van der Waals surface area contributed by atoms with Gasteiger partial charge in [0.15, 0.2) is 0 Å². The lowest BCUT2D eigenvalue weighted by Crippen LogP contribution is -2.20. The summed E-state index contributed by atoms with van der Waals surface area (Å²) in [7, 11) is 1.60. The van der Waals surface area contributed by atoms with E-state index in [-0.39, 0.29) is 0 Å². The maximum absolute atomic E-state index is 12.9. The number of ether oxygens (including phenoxy) is 1. The summed E-state index contributed by atoms with van der Waals surface area (Å²) in [6.45, 7) is 2.16. The fraction of sp³-hybridized carbons (Fsp3) is 0.545. The first-order valence-electron chi connectivity index (χ1n) is 5.13. The van der Waals surface area contributed by atoms with Crippen LogP contribution in [0, 0.1) is 0 Å². The maximum Gasteiger partial charge on any atom is 0.213 e. The highest BCUT2D eigenvalue weighted by atomic mass is 19.1. The minimum atomic E-state index is -0.659. The molecule has 82 valence electrons. The molecule has 0 aliphatic carbocycles. The van der Waals surface area contributed by atoms with E-state index in [0.29, 0.717) is 18.8 Å². The highest BCUT2D eigenvalue weighted by Crippen LogP contribution is 2.17. The first kappa shape index (κ1) is 10.4. The van der Waals surface area contributed by atoms with Gasteiger partial charge in [0.25, 0.3) is 0 Å². The average molecular weight is 210 g/mol. The highest BCUT2D eigenvalue weighted by molar-refractivity contribution is 5.20. The second kappa shape index (κ2) is 4.57. The van der Waals surface area contributed by atoms with Crippen LogP contribution < -0.4 is 4.74 Å². The molecule has 1 fully saturated rings. The van der Waals surface area contributed by atoms with Gasteiger partial charge in [-0.05, 0) is 18.1 Å². The summed E-state index contributed by atoms with van der Waals surface area (Å²) in [5.41, 5.74) is 1.12. The largest absolute Gasteiger partial charge is 0.481 e. The Hall–Kier alpha value is -1.16. The van der Waals surface area contributed by atoms with Crippen molar-refractivity contribution in [3.63, 3.8) is 0 Å². The van der Waals surface area contributed by atoms with Gasteiger partial charge in [-0.15, -0.1) is 0 Å². The van der Waals surface area contributed by atoms with Gasteiger partial charge >= 0.3 is 0 Å². The third-order valence-electron chi connectivity index (χ3n) is 2.63. The Kier molecular flexibility index (Phi) is 3.16. The predicted molar refractivity (Wildman–Crippen MR) is 55.6 cm³/mol. The number of pyridine rings is 1. The van der Waals surface area contributed by atoms with Crippen LogP contribution in [0.2, 0.25) is 0 Å². The van der Waals surface area contributed by atoms with E-state index in [0.717, 1.165) is 18.7 Å². The van der Waals surface area contributed by atoms with Gasteiger partial charge in [0.2, 0.25) is 5.88 Å². The lowest BCUT2D eigenvalue weighted by atomic mass is 10.2. The third-order valence-corrected chi connectivity index (χ3v) is 2.63. The van der Waals surface area contributed by atoms with Crippen LogP contribution in [0.15, 0.2) is 18.3 Å². The van der Waals surface area contributed by atoms with Crippen molar-refractivity contribution in [2.45, 2.75) is 19.1 Å². The Labute approximate surface area is 88.9 Å². The minimum absolute atomic E-state index is 0.546. The molecule has 2 heterocycles. The summed E-state index contributed by atoms with van der Waals surface area (Å²) in [5, 5.41) is 0. The van der Waals surface area contributed by atoms with E-state index in [9.17, 15) is 4.39 Å². The molecular weight excluding hydrogens is 195 g/mol. The van der Waals surface area contributed by atoms with Gasteiger partial charge in [0.1, 0.15) is 6.17 Å². The van der Waals surface area contributed by atoms with Crippen LogP contribution in [0.25, 0.3) is 0 Å². The van der Waals surface area contributed by atoms with Gasteiger partial charge < -0.3 is 4.74 Å². The smallest absolute Gasteiger partial charge is 0.213 e. The Morgan fingerprint density at radius 1 is 1.67 bits per heavy atom. The molecule has 1 unspecified atom stereocenters. The number of rotatable bonds is 3. The Bertz CT molecular complexity index is 332. The SMILES string of the molecule is COc1cc(CN2CCC(F)C2)ccn1. The molecule has 1 aromatic heterocycles. The summed E-state index contributed by atoms with van der Waals surface area (Å²) < 4.78 is 18.0. The van der Waals surface area contributed by atoms with Gasteiger partial charge in [-0.3, -0.25) is 4.90 Å². The molecule has 0 spiro atoms. The molecule has 15 heavy (non-hydrogen) atoms. The Morgan fingerprint density at radius 3 is 3.20 bits per heavy atom. The number of methoxy groups -OCH3 is 1. The van der Waals surface area contributed by atoms with Gasteiger partial charge in [-0.25, -0.2) is 9.37 Å². The van der Waals surface area contributed by atoms with Crippen molar-refractivity contribution in [2.75, 3.05) is 20.2 Å². The molecular formula is C11H15FN2O. The molecule has 0 radical (unpaired) electrons. The van der Waals surface area contributed by atoms with Gasteiger partial charge in [0.05, 0.1) is 7.11 Å². The number of nitrogens with zero attached hydrogens (tertiary/aromatic N) is 2. The molecule has 0 bridgehead atoms. The lowest BCUT2D eigenvalue weighted by Gasteiger charge is -2.14. The summed E-state index contributed by atoms with van der Waals surface area (Å²) in [4.78, 5) is 6.14. The maximum atomic E-state index is 12.9. The number of likely N-dealkylation sites (tertiary alicyclic amines) is 1. The molecule has 0 amide bonds. The Balaban J connectivity index is 1.98. The van der Waals surface area contributed by atoms with Crippen molar-refractivity contribution >= 4 is 0 Å². The number of hydrogen-bond acceptors (Lipinski definition) is 3. The first-order valence-corrected chi connectivity index (χ1v) is 5.13. The summed E-state index contributed by atoms with van der Waals surface area (Å²) in [6.07, 6.45) is 1.72. The normalized spacial score (nSPS) is 21.9. The van der Waals surface area contributed by atoms with Crippen molar-refractivity contribution in [2.24, 2.45) is 0 Å². The zero-order chi connectivity index (χ0) is 10.7. The van der Waals surface area contributed by atoms with Crippen LogP contribution in [0.1, 0.15) is 12.0 Å². The zero-order valence-corrected chi connectivity index (χ0v) is 8.82. The predicted octanol–water partition coefficient (Wildman–Crippen LogP) is 1.63. The number of hydrogen-bond donors (Lipinski definition) is 0. The van der Waals surface area contributed by atoms with Gasteiger partial charge in [0, 0.05) is 31.9 Å². The quantitative estimate of drug-likeness (QED) is 0.758. The fourth-order valence-electron chi connectivity index (χ4n) is 1.85. The average Bonchev–Trinajstić information content (AvgIpc) is 2.64. The monoisotopic (exact) mass is 210 g/mol. The van der Waals surface area contributed by atoms with Crippen LogP contribution in [-0.2, 0) is 6.54 Å². The molecule has 0 saturated carbocycles. The molecule has 4 heteroatoms. The molecule has 0 aromatic carbocycles. The van der Waals surface area contributed by atoms with E-state index in [2.05, 4.69) is 9.88 Å². The van der Waals surface area contributed by atoms with E-state index in [1.807, 2.05) is 12.1 Å². The van der Waals surface area contributed by atoms with E-state index in [1.54, 1.807) is 13.3 Å². The molecule has 1 saturated heterocycles. The first-order chi connectivity index (χ1) is 7.28. The van der Waals surface area contributed by atoms with Gasteiger partial charge in [-0.1, -0.05) is 0 Å². The van der Waals surface area contributed by atoms with Crippen LogP contribution in [0.5, 0.6) is 5.88 Å². The molecule has 0 N–H and O–H groups in total. The van der Waals surface area contributed by atoms with Crippen LogP contribution in [-0.4, -0.2) is 36.3 Å². The lowest BCUT2D eigenvalue weighted by molar-refractivity contribution is 0.282. The van der Waals surface area contributed by atoms with Crippen molar-refractivity contribution in [3.05, 3.63) is 23.9 Å². The number of aromatic nitrogens is 1. The third kappa shape index (κ3) is 2.65. The molecule has 1 aliphatic rings. The van der Waals surface area contributed by atoms with E-state index in [4.69, 9.17) is 4.74 Å². The number of alkyl halides is 1. The number of halogens is 1. The van der Waals surface area contributed by atoms with Gasteiger partial charge in [-0.2, -0.15) is 0 Å². The highest BCUT2D eigenvalue weighted by Gasteiger charge is 2.21. The van der Waals surface area contributed by atoms with Crippen molar-refractivity contribution in [1.29, 1.82) is 0 Å². The fourth-order valence-corrected chi connectivity index (χ4v) is 1.85. The minimum Gasteiger partial charge on any atom is -0.481 e. The standard InChI is InChI=1S/C11H15FN2O/c1-15-11-6-9(2-4-13-11)7-14-5-3-10(12)8-14/h2,4,6,10H,3,5,7-8H2,1H3. The zero-order valence-electron chi connectivity index (χ0n) is 8.82. The van der Waals surface area contributed by atoms with Crippen LogP contribution in [0.3, 0.4) is 0 Å². The summed E-state index contributed by atoms with van der Waals surface area (Å²) in [6, 6.07) is 3.83. The molecule has 1 atom stereocenters. The van der Waals surface area contributed by atoms with E-state index < -0.39 is 6.17 Å². The Morgan fingerprint density at radius 2 is 2.53 bits per heavy atom. The van der Waals surface area contributed by atoms with E-state index >= 15 is 0 Å². The van der Waals surface area contributed by atoms with Crippen LogP contribution >= 0.6 is 0 Å².